The van der Waals surface area contributed by atoms with Crippen LogP contribution in [0.1, 0.15) is 36.1 Å². The first kappa shape index (κ1) is 25.1. The highest BCUT2D eigenvalue weighted by molar-refractivity contribution is 7.91. The Kier molecular flexibility index (Phi) is 7.11. The molecule has 3 heterocycles. The van der Waals surface area contributed by atoms with Crippen LogP contribution in [0.3, 0.4) is 0 Å². The smallest absolute Gasteiger partial charge is 0.285 e. The number of benzene rings is 1. The third kappa shape index (κ3) is 5.98. The van der Waals surface area contributed by atoms with Gasteiger partial charge in [0.05, 0.1) is 4.75 Å². The third-order valence-electron chi connectivity index (χ3n) is 5.83. The molecule has 186 valence electrons. The van der Waals surface area contributed by atoms with Gasteiger partial charge in [0.1, 0.15) is 5.75 Å². The van der Waals surface area contributed by atoms with Crippen molar-refractivity contribution < 1.29 is 18.3 Å². The summed E-state index contributed by atoms with van der Waals surface area (Å²) in [5.74, 6) is 0.130. The van der Waals surface area contributed by atoms with E-state index in [0.717, 1.165) is 43.9 Å². The maximum Gasteiger partial charge on any atom is 0.285 e. The van der Waals surface area contributed by atoms with Crippen LogP contribution < -0.4 is 9.62 Å². The van der Waals surface area contributed by atoms with Crippen LogP contribution in [-0.4, -0.2) is 65.5 Å². The third-order valence-corrected chi connectivity index (χ3v) is 8.81. The fourth-order valence-corrected chi connectivity index (χ4v) is 5.19. The zero-order valence-corrected chi connectivity index (χ0v) is 21.6. The van der Waals surface area contributed by atoms with Crippen LogP contribution in [0.25, 0.3) is 11.1 Å². The number of hydrogen-bond acceptors (Lipinski definition) is 9. The second-order valence-corrected chi connectivity index (χ2v) is 12.9. The fourth-order valence-electron chi connectivity index (χ4n) is 3.60. The molecule has 4 rings (SSSR count). The van der Waals surface area contributed by atoms with E-state index in [1.165, 1.54) is 31.7 Å². The quantitative estimate of drug-likeness (QED) is 0.515. The molecule has 0 bridgehead atoms. The molecule has 1 aliphatic rings. The van der Waals surface area contributed by atoms with Crippen molar-refractivity contribution in [3.8, 4) is 16.9 Å². The van der Waals surface area contributed by atoms with E-state index in [1.807, 2.05) is 12.1 Å². The van der Waals surface area contributed by atoms with E-state index in [9.17, 15) is 18.3 Å². The number of aromatic nitrogens is 2. The van der Waals surface area contributed by atoms with Crippen molar-refractivity contribution in [3.05, 3.63) is 58.4 Å². The number of nitrogens with one attached hydrogen (secondary N) is 1. The lowest BCUT2D eigenvalue weighted by molar-refractivity contribution is 0.0974. The first-order valence-electron chi connectivity index (χ1n) is 11.3. The van der Waals surface area contributed by atoms with Crippen LogP contribution in [0.15, 0.2) is 47.8 Å². The summed E-state index contributed by atoms with van der Waals surface area (Å²) in [5.41, 5.74) is 2.07. The number of nitrogens with zero attached hydrogens (tertiary/aromatic N) is 4. The second kappa shape index (κ2) is 9.92. The number of piperazine rings is 1. The first-order chi connectivity index (χ1) is 16.5. The number of carbonyl (C=O) groups excluding carboxylic acids is 1. The molecule has 0 spiro atoms. The van der Waals surface area contributed by atoms with Crippen LogP contribution in [0, 0.1) is 0 Å². The van der Waals surface area contributed by atoms with Crippen LogP contribution in [0.5, 0.6) is 5.75 Å². The summed E-state index contributed by atoms with van der Waals surface area (Å²) in [6, 6.07) is 12.6. The van der Waals surface area contributed by atoms with Crippen molar-refractivity contribution in [2.45, 2.75) is 32.1 Å². The number of amides is 1. The number of aromatic hydroxyl groups is 1. The molecule has 0 aliphatic carbocycles. The Morgan fingerprint density at radius 1 is 1.06 bits per heavy atom. The molecule has 11 heteroatoms. The lowest BCUT2D eigenvalue weighted by atomic mass is 10.1. The van der Waals surface area contributed by atoms with Crippen molar-refractivity contribution >= 4 is 33.1 Å². The summed E-state index contributed by atoms with van der Waals surface area (Å²) >= 11 is 1.71. The summed E-state index contributed by atoms with van der Waals surface area (Å²) in [7, 11) is -3.82. The molecule has 2 aromatic heterocycles. The van der Waals surface area contributed by atoms with Gasteiger partial charge in [-0.3, -0.25) is 9.69 Å². The summed E-state index contributed by atoms with van der Waals surface area (Å²) in [6.07, 6.45) is 0. The Morgan fingerprint density at radius 2 is 1.80 bits per heavy atom. The van der Waals surface area contributed by atoms with Crippen molar-refractivity contribution in [2.75, 3.05) is 31.1 Å². The van der Waals surface area contributed by atoms with Gasteiger partial charge < -0.3 is 10.0 Å². The minimum Gasteiger partial charge on any atom is -0.508 e. The highest BCUT2D eigenvalue weighted by Gasteiger charge is 2.31. The number of anilines is 1. The normalized spacial score (nSPS) is 15.2. The predicted octanol–water partition coefficient (Wildman–Crippen LogP) is 3.09. The van der Waals surface area contributed by atoms with Gasteiger partial charge in [-0.25, -0.2) is 13.1 Å². The number of sulfonamides is 1. The van der Waals surface area contributed by atoms with E-state index in [2.05, 4.69) is 36.2 Å². The number of phenolic OH excluding ortho intramolecular Hbond substituents is 1. The Hall–Kier alpha value is -3.02. The molecule has 1 fully saturated rings. The van der Waals surface area contributed by atoms with Gasteiger partial charge in [-0.2, -0.15) is 0 Å². The molecular weight excluding hydrogens is 486 g/mol. The van der Waals surface area contributed by atoms with E-state index >= 15 is 0 Å². The second-order valence-electron chi connectivity index (χ2n) is 9.44. The van der Waals surface area contributed by atoms with E-state index in [1.54, 1.807) is 29.5 Å². The van der Waals surface area contributed by atoms with Gasteiger partial charge in [0.25, 0.3) is 5.91 Å². The summed E-state index contributed by atoms with van der Waals surface area (Å²) in [6.45, 7) is 8.65. The largest absolute Gasteiger partial charge is 0.508 e. The van der Waals surface area contributed by atoms with Gasteiger partial charge >= 0.3 is 0 Å². The van der Waals surface area contributed by atoms with Crippen molar-refractivity contribution in [1.82, 2.24) is 19.8 Å². The molecule has 1 aromatic carbocycles. The van der Waals surface area contributed by atoms with Gasteiger partial charge in [0, 0.05) is 37.6 Å². The molecule has 0 atom stereocenters. The van der Waals surface area contributed by atoms with Crippen LogP contribution >= 0.6 is 11.3 Å². The summed E-state index contributed by atoms with van der Waals surface area (Å²) < 4.78 is 25.3. The molecule has 9 nitrogen and oxygen atoms in total. The Balaban J connectivity index is 1.31. The molecule has 0 radical (unpaired) electrons. The zero-order chi connectivity index (χ0) is 25.2. The molecular formula is C24H29N5O4S2. The standard InChI is InChI=1S/C24H29N5O4S2/c1-24(2,3)35(32,33)27-23(31)21-7-8-22(26-25-21)29-11-9-28(10-12-29)15-20-14-18(16-34-20)17-5-4-6-19(30)13-17/h4-8,13-14,16,30H,9-12,15H2,1-3H3,(H,27,31). The lowest BCUT2D eigenvalue weighted by Crippen LogP contribution is -2.46. The number of phenols is 1. The number of rotatable bonds is 6. The molecule has 0 saturated carbocycles. The summed E-state index contributed by atoms with van der Waals surface area (Å²) in [5, 5.41) is 19.9. The maximum absolute atomic E-state index is 12.3. The van der Waals surface area contributed by atoms with E-state index in [0.29, 0.717) is 5.82 Å². The number of thiophene rings is 1. The average Bonchev–Trinajstić information content (AvgIpc) is 3.27. The van der Waals surface area contributed by atoms with E-state index in [4.69, 9.17) is 0 Å². The highest BCUT2D eigenvalue weighted by Crippen LogP contribution is 2.29. The molecule has 0 unspecified atom stereocenters. The van der Waals surface area contributed by atoms with Gasteiger partial charge in [-0.15, -0.1) is 21.5 Å². The highest BCUT2D eigenvalue weighted by atomic mass is 32.2. The molecule has 1 aliphatic heterocycles. The monoisotopic (exact) mass is 515 g/mol. The van der Waals surface area contributed by atoms with Gasteiger partial charge in [-0.1, -0.05) is 12.1 Å². The van der Waals surface area contributed by atoms with Crippen LogP contribution in [-0.2, 0) is 16.6 Å². The van der Waals surface area contributed by atoms with Gasteiger partial charge in [-0.05, 0) is 67.6 Å². The number of carbonyl (C=O) groups is 1. The zero-order valence-electron chi connectivity index (χ0n) is 19.9. The Labute approximate surface area is 209 Å². The molecule has 1 amide bonds. The van der Waals surface area contributed by atoms with Crippen molar-refractivity contribution in [1.29, 1.82) is 0 Å². The molecule has 3 aromatic rings. The predicted molar refractivity (Wildman–Crippen MR) is 137 cm³/mol. The Bertz CT molecular complexity index is 1290. The van der Waals surface area contributed by atoms with Crippen LogP contribution in [0.4, 0.5) is 5.82 Å². The first-order valence-corrected chi connectivity index (χ1v) is 13.6. The minimum absolute atomic E-state index is 0.0413. The molecule has 1 saturated heterocycles. The summed E-state index contributed by atoms with van der Waals surface area (Å²) in [4.78, 5) is 18.0. The van der Waals surface area contributed by atoms with Gasteiger partial charge in [0.15, 0.2) is 11.5 Å². The molecule has 35 heavy (non-hydrogen) atoms. The van der Waals surface area contributed by atoms with Crippen molar-refractivity contribution in [3.63, 3.8) is 0 Å². The minimum atomic E-state index is -3.82. The Morgan fingerprint density at radius 3 is 2.43 bits per heavy atom. The maximum atomic E-state index is 12.3. The topological polar surface area (TPSA) is 116 Å². The van der Waals surface area contributed by atoms with E-state index in [-0.39, 0.29) is 11.4 Å². The lowest BCUT2D eigenvalue weighted by Gasteiger charge is -2.34. The van der Waals surface area contributed by atoms with Crippen LogP contribution in [0.2, 0.25) is 0 Å². The SMILES string of the molecule is CC(C)(C)S(=O)(=O)NC(=O)c1ccc(N2CCN(Cc3cc(-c4cccc(O)c4)cs3)CC2)nn1. The fraction of sp³-hybridized carbons (Fsp3) is 0.375. The van der Waals surface area contributed by atoms with Gasteiger partial charge in [0.2, 0.25) is 10.0 Å². The molecule has 2 N–H and O–H groups in total. The average molecular weight is 516 g/mol. The van der Waals surface area contributed by atoms with E-state index < -0.39 is 20.7 Å². The van der Waals surface area contributed by atoms with Crippen molar-refractivity contribution in [2.24, 2.45) is 0 Å². The number of hydrogen-bond donors (Lipinski definition) is 2.